The second-order valence-corrected chi connectivity index (χ2v) is 6.91. The molecule has 1 amide bonds. The monoisotopic (exact) mass is 309 g/mol. The molecular weight excluding hydrogens is 286 g/mol. The van der Waals surface area contributed by atoms with Crippen molar-refractivity contribution in [3.05, 3.63) is 22.8 Å². The first-order valence-corrected chi connectivity index (χ1v) is 8.00. The largest absolute Gasteiger partial charge is 0.370 e. The Morgan fingerprint density at radius 3 is 2.90 bits per heavy atom. The van der Waals surface area contributed by atoms with Gasteiger partial charge in [0.1, 0.15) is 11.0 Å². The second-order valence-electron chi connectivity index (χ2n) is 6.53. The molecule has 1 unspecified atom stereocenters. The third kappa shape index (κ3) is 4.60. The molecule has 1 aliphatic rings. The fourth-order valence-corrected chi connectivity index (χ4v) is 3.20. The van der Waals surface area contributed by atoms with Gasteiger partial charge in [-0.2, -0.15) is 0 Å². The predicted molar refractivity (Wildman–Crippen MR) is 86.9 cm³/mol. The first kappa shape index (κ1) is 16.1. The maximum atomic E-state index is 12.4. The fraction of sp³-hybridized carbons (Fsp3) is 0.625. The lowest BCUT2D eigenvalue weighted by atomic mass is 9.75. The van der Waals surface area contributed by atoms with E-state index in [4.69, 9.17) is 11.6 Å². The van der Waals surface area contributed by atoms with E-state index in [9.17, 15) is 4.79 Å². The summed E-state index contributed by atoms with van der Waals surface area (Å²) in [7, 11) is 0. The number of nitrogens with one attached hydrogen (secondary N) is 2. The molecular formula is C16H24ClN3O. The molecule has 0 bridgehead atoms. The van der Waals surface area contributed by atoms with Crippen molar-refractivity contribution < 1.29 is 4.79 Å². The minimum absolute atomic E-state index is 0.0684. The highest BCUT2D eigenvalue weighted by molar-refractivity contribution is 6.29. The van der Waals surface area contributed by atoms with Crippen LogP contribution in [0.3, 0.4) is 0 Å². The van der Waals surface area contributed by atoms with Crippen LogP contribution in [0.5, 0.6) is 0 Å². The Hall–Kier alpha value is -1.29. The summed E-state index contributed by atoms with van der Waals surface area (Å²) in [5.41, 5.74) is 0.871. The summed E-state index contributed by atoms with van der Waals surface area (Å²) in [4.78, 5) is 16.6. The number of aromatic nitrogens is 1. The molecule has 1 heterocycles. The van der Waals surface area contributed by atoms with Crippen LogP contribution in [0.25, 0.3) is 0 Å². The van der Waals surface area contributed by atoms with E-state index in [0.717, 1.165) is 25.8 Å². The number of hydrogen-bond donors (Lipinski definition) is 2. The Morgan fingerprint density at radius 2 is 2.24 bits per heavy atom. The number of halogens is 1. The Morgan fingerprint density at radius 1 is 1.48 bits per heavy atom. The maximum Gasteiger partial charge on any atom is 0.251 e. The van der Waals surface area contributed by atoms with Crippen molar-refractivity contribution >= 4 is 23.3 Å². The van der Waals surface area contributed by atoms with Crippen LogP contribution in [0.1, 0.15) is 56.8 Å². The van der Waals surface area contributed by atoms with Crippen LogP contribution in [0.15, 0.2) is 12.1 Å². The Labute approximate surface area is 131 Å². The number of amides is 1. The topological polar surface area (TPSA) is 54.0 Å². The van der Waals surface area contributed by atoms with E-state index >= 15 is 0 Å². The summed E-state index contributed by atoms with van der Waals surface area (Å²) in [6.45, 7) is 7.24. The molecule has 1 aromatic rings. The van der Waals surface area contributed by atoms with Gasteiger partial charge in [-0.3, -0.25) is 4.79 Å². The average molecular weight is 310 g/mol. The smallest absolute Gasteiger partial charge is 0.251 e. The molecule has 5 heteroatoms. The molecule has 21 heavy (non-hydrogen) atoms. The van der Waals surface area contributed by atoms with Crippen LogP contribution >= 0.6 is 11.6 Å². The van der Waals surface area contributed by atoms with Crippen LogP contribution < -0.4 is 10.6 Å². The van der Waals surface area contributed by atoms with E-state index in [-0.39, 0.29) is 11.9 Å². The molecule has 116 valence electrons. The molecule has 1 aliphatic carbocycles. The van der Waals surface area contributed by atoms with Crippen molar-refractivity contribution in [1.29, 1.82) is 0 Å². The van der Waals surface area contributed by atoms with Crippen LogP contribution in [-0.4, -0.2) is 23.5 Å². The first-order valence-electron chi connectivity index (χ1n) is 7.62. The lowest BCUT2D eigenvalue weighted by Gasteiger charge is -2.35. The summed E-state index contributed by atoms with van der Waals surface area (Å²) < 4.78 is 0. The van der Waals surface area contributed by atoms with E-state index in [1.807, 2.05) is 6.92 Å². The Bertz CT molecular complexity index is 516. The number of carbonyl (C=O) groups is 1. The molecule has 1 fully saturated rings. The van der Waals surface area contributed by atoms with E-state index in [2.05, 4.69) is 29.5 Å². The zero-order valence-corrected chi connectivity index (χ0v) is 13.8. The molecule has 2 N–H and O–H groups in total. The van der Waals surface area contributed by atoms with Gasteiger partial charge in [-0.15, -0.1) is 0 Å². The van der Waals surface area contributed by atoms with Crippen LogP contribution in [0, 0.1) is 5.41 Å². The molecule has 1 atom stereocenters. The van der Waals surface area contributed by atoms with E-state index in [1.165, 1.54) is 6.42 Å². The van der Waals surface area contributed by atoms with E-state index in [1.54, 1.807) is 12.1 Å². The van der Waals surface area contributed by atoms with Gasteiger partial charge in [-0.25, -0.2) is 4.98 Å². The van der Waals surface area contributed by atoms with E-state index < -0.39 is 0 Å². The van der Waals surface area contributed by atoms with Gasteiger partial charge in [-0.1, -0.05) is 31.9 Å². The van der Waals surface area contributed by atoms with Crippen LogP contribution in [-0.2, 0) is 0 Å². The van der Waals surface area contributed by atoms with Gasteiger partial charge in [0.15, 0.2) is 0 Å². The summed E-state index contributed by atoms with van der Waals surface area (Å²) in [5, 5.41) is 6.55. The van der Waals surface area contributed by atoms with Crippen molar-refractivity contribution in [2.75, 3.05) is 11.9 Å². The third-order valence-corrected chi connectivity index (χ3v) is 4.15. The zero-order chi connectivity index (χ0) is 15.5. The van der Waals surface area contributed by atoms with Crippen LogP contribution in [0.4, 0.5) is 5.82 Å². The Kier molecular flexibility index (Phi) is 5.09. The van der Waals surface area contributed by atoms with E-state index in [0.29, 0.717) is 21.9 Å². The summed E-state index contributed by atoms with van der Waals surface area (Å²) >= 11 is 5.99. The van der Waals surface area contributed by atoms with Gasteiger partial charge in [-0.05, 0) is 43.7 Å². The van der Waals surface area contributed by atoms with Crippen molar-refractivity contribution in [3.63, 3.8) is 0 Å². The van der Waals surface area contributed by atoms with Crippen molar-refractivity contribution in [2.45, 2.75) is 52.5 Å². The normalized spacial score (nSPS) is 20.9. The minimum atomic E-state index is -0.0684. The number of carbonyl (C=O) groups excluding carboxylic acids is 1. The fourth-order valence-electron chi connectivity index (χ4n) is 2.99. The number of anilines is 1. The lowest BCUT2D eigenvalue weighted by Crippen LogP contribution is -2.40. The number of rotatable bonds is 4. The number of nitrogens with zero attached hydrogens (tertiary/aromatic N) is 1. The molecule has 0 radical (unpaired) electrons. The number of hydrogen-bond acceptors (Lipinski definition) is 3. The minimum Gasteiger partial charge on any atom is -0.370 e. The molecule has 2 rings (SSSR count). The van der Waals surface area contributed by atoms with Crippen molar-refractivity contribution in [3.8, 4) is 0 Å². The lowest BCUT2D eigenvalue weighted by molar-refractivity contribution is 0.0902. The first-order chi connectivity index (χ1) is 9.89. The van der Waals surface area contributed by atoms with Gasteiger partial charge >= 0.3 is 0 Å². The SMILES string of the molecule is CCNc1cc(C(=O)NC2CCCC(C)(C)C2)cc(Cl)n1. The third-order valence-electron chi connectivity index (χ3n) is 3.95. The molecule has 0 aliphatic heterocycles. The highest BCUT2D eigenvalue weighted by Crippen LogP contribution is 2.35. The molecule has 0 saturated heterocycles. The van der Waals surface area contributed by atoms with Gasteiger partial charge in [0, 0.05) is 18.2 Å². The second kappa shape index (κ2) is 6.65. The van der Waals surface area contributed by atoms with Crippen molar-refractivity contribution in [2.24, 2.45) is 5.41 Å². The van der Waals surface area contributed by atoms with Gasteiger partial charge in [0.2, 0.25) is 0 Å². The maximum absolute atomic E-state index is 12.4. The quantitative estimate of drug-likeness (QED) is 0.830. The highest BCUT2D eigenvalue weighted by Gasteiger charge is 2.29. The zero-order valence-electron chi connectivity index (χ0n) is 13.0. The predicted octanol–water partition coefficient (Wildman–Crippen LogP) is 3.87. The van der Waals surface area contributed by atoms with Crippen LogP contribution in [0.2, 0.25) is 5.15 Å². The van der Waals surface area contributed by atoms with Gasteiger partial charge < -0.3 is 10.6 Å². The average Bonchev–Trinajstić information content (AvgIpc) is 2.37. The molecule has 4 nitrogen and oxygen atoms in total. The molecule has 1 aromatic heterocycles. The van der Waals surface area contributed by atoms with Crippen molar-refractivity contribution in [1.82, 2.24) is 10.3 Å². The van der Waals surface area contributed by atoms with Gasteiger partial charge in [0.25, 0.3) is 5.91 Å². The van der Waals surface area contributed by atoms with Gasteiger partial charge in [0.05, 0.1) is 0 Å². The molecule has 0 aromatic carbocycles. The summed E-state index contributed by atoms with van der Waals surface area (Å²) in [6.07, 6.45) is 4.47. The number of pyridine rings is 1. The Balaban J connectivity index is 2.06. The standard InChI is InChI=1S/C16H24ClN3O/c1-4-18-14-9-11(8-13(17)20-14)15(21)19-12-6-5-7-16(2,3)10-12/h8-9,12H,4-7,10H2,1-3H3,(H,18,20)(H,19,21). The molecule has 1 saturated carbocycles. The molecule has 0 spiro atoms. The summed E-state index contributed by atoms with van der Waals surface area (Å²) in [5.74, 6) is 0.570. The highest BCUT2D eigenvalue weighted by atomic mass is 35.5. The summed E-state index contributed by atoms with van der Waals surface area (Å²) in [6, 6.07) is 3.61.